The van der Waals surface area contributed by atoms with Gasteiger partial charge in [0.1, 0.15) is 12.4 Å². The molecule has 0 spiro atoms. The van der Waals surface area contributed by atoms with E-state index in [4.69, 9.17) is 4.74 Å². The molecule has 6 nitrogen and oxygen atoms in total. The molecule has 0 saturated carbocycles. The molecule has 1 saturated heterocycles. The van der Waals surface area contributed by atoms with Gasteiger partial charge in [-0.3, -0.25) is 4.79 Å². The van der Waals surface area contributed by atoms with Gasteiger partial charge in [-0.2, -0.15) is 5.10 Å². The van der Waals surface area contributed by atoms with E-state index < -0.39 is 0 Å². The Labute approximate surface area is 129 Å². The van der Waals surface area contributed by atoms with Crippen LogP contribution in [-0.2, 0) is 16.1 Å². The molecule has 1 aromatic carbocycles. The summed E-state index contributed by atoms with van der Waals surface area (Å²) < 4.78 is 7.34. The lowest BCUT2D eigenvalue weighted by molar-refractivity contribution is -0.135. The van der Waals surface area contributed by atoms with Crippen molar-refractivity contribution in [3.63, 3.8) is 0 Å². The van der Waals surface area contributed by atoms with E-state index in [1.807, 2.05) is 35.0 Å². The van der Waals surface area contributed by atoms with E-state index in [0.717, 1.165) is 11.4 Å². The van der Waals surface area contributed by atoms with Crippen molar-refractivity contribution in [3.05, 3.63) is 60.7 Å². The standard InChI is InChI=1S/C16H18N4O2/c1-2-15(21)19-8-9-22-11-14(19)16-17-12-18-20(16)10-13-6-4-3-5-7-13/h2-7,12,14H,1,8-11H2/t14-/m1/s1. The van der Waals surface area contributed by atoms with Gasteiger partial charge in [0, 0.05) is 6.54 Å². The quantitative estimate of drug-likeness (QED) is 0.801. The molecule has 22 heavy (non-hydrogen) atoms. The number of amides is 1. The van der Waals surface area contributed by atoms with Crippen molar-refractivity contribution in [1.29, 1.82) is 0 Å². The first kappa shape index (κ1) is 14.5. The van der Waals surface area contributed by atoms with E-state index in [1.54, 1.807) is 4.90 Å². The van der Waals surface area contributed by atoms with Gasteiger partial charge in [-0.1, -0.05) is 36.9 Å². The second-order valence-corrected chi connectivity index (χ2v) is 5.09. The topological polar surface area (TPSA) is 60.3 Å². The van der Waals surface area contributed by atoms with Gasteiger partial charge in [-0.25, -0.2) is 9.67 Å². The van der Waals surface area contributed by atoms with Crippen LogP contribution in [0.15, 0.2) is 49.3 Å². The van der Waals surface area contributed by atoms with Crippen LogP contribution in [-0.4, -0.2) is 45.3 Å². The summed E-state index contributed by atoms with van der Waals surface area (Å²) in [6.45, 7) is 5.67. The lowest BCUT2D eigenvalue weighted by atomic mass is 10.2. The molecule has 1 aliphatic heterocycles. The van der Waals surface area contributed by atoms with Crippen LogP contribution in [0.1, 0.15) is 17.4 Å². The third-order valence-electron chi connectivity index (χ3n) is 3.70. The number of nitrogens with zero attached hydrogens (tertiary/aromatic N) is 4. The van der Waals surface area contributed by atoms with Crippen molar-refractivity contribution in [3.8, 4) is 0 Å². The molecule has 0 radical (unpaired) electrons. The highest BCUT2D eigenvalue weighted by atomic mass is 16.5. The molecule has 2 heterocycles. The Bertz CT molecular complexity index is 653. The number of aromatic nitrogens is 3. The molecule has 1 amide bonds. The minimum atomic E-state index is -0.231. The summed E-state index contributed by atoms with van der Waals surface area (Å²) in [5.74, 6) is 0.626. The normalized spacial score (nSPS) is 18.2. The minimum absolute atomic E-state index is 0.109. The Morgan fingerprint density at radius 2 is 2.23 bits per heavy atom. The number of benzene rings is 1. The Balaban J connectivity index is 1.86. The predicted octanol–water partition coefficient (Wildman–Crippen LogP) is 1.41. The molecule has 6 heteroatoms. The average Bonchev–Trinajstić information content (AvgIpc) is 3.03. The zero-order valence-electron chi connectivity index (χ0n) is 12.3. The van der Waals surface area contributed by atoms with Crippen LogP contribution in [0.3, 0.4) is 0 Å². The molecular weight excluding hydrogens is 280 g/mol. The maximum absolute atomic E-state index is 12.0. The Morgan fingerprint density at radius 1 is 1.41 bits per heavy atom. The Kier molecular flexibility index (Phi) is 4.29. The molecule has 1 aromatic heterocycles. The molecule has 1 fully saturated rings. The summed E-state index contributed by atoms with van der Waals surface area (Å²) in [5, 5.41) is 4.29. The number of carbonyl (C=O) groups excluding carboxylic acids is 1. The van der Waals surface area contributed by atoms with Crippen molar-refractivity contribution < 1.29 is 9.53 Å². The number of morpholine rings is 1. The van der Waals surface area contributed by atoms with Crippen LogP contribution < -0.4 is 0 Å². The molecule has 2 aromatic rings. The molecule has 1 aliphatic rings. The van der Waals surface area contributed by atoms with Gasteiger partial charge in [-0.15, -0.1) is 0 Å². The summed E-state index contributed by atoms with van der Waals surface area (Å²) in [6.07, 6.45) is 2.85. The van der Waals surface area contributed by atoms with Gasteiger partial charge in [0.2, 0.25) is 5.91 Å². The molecule has 0 N–H and O–H groups in total. The fourth-order valence-electron chi connectivity index (χ4n) is 2.61. The van der Waals surface area contributed by atoms with Gasteiger partial charge >= 0.3 is 0 Å². The third kappa shape index (κ3) is 2.92. The largest absolute Gasteiger partial charge is 0.377 e. The number of hydrogen-bond acceptors (Lipinski definition) is 4. The molecular formula is C16H18N4O2. The lowest BCUT2D eigenvalue weighted by Crippen LogP contribution is -2.43. The molecule has 0 bridgehead atoms. The van der Waals surface area contributed by atoms with E-state index in [0.29, 0.717) is 26.3 Å². The monoisotopic (exact) mass is 298 g/mol. The van der Waals surface area contributed by atoms with Crippen molar-refractivity contribution in [2.75, 3.05) is 19.8 Å². The van der Waals surface area contributed by atoms with E-state index in [9.17, 15) is 4.79 Å². The van der Waals surface area contributed by atoms with Gasteiger partial charge < -0.3 is 9.64 Å². The Hall–Kier alpha value is -2.47. The van der Waals surface area contributed by atoms with Crippen LogP contribution >= 0.6 is 0 Å². The fourth-order valence-corrected chi connectivity index (χ4v) is 2.61. The predicted molar refractivity (Wildman–Crippen MR) is 81.0 cm³/mol. The molecule has 3 rings (SSSR count). The maximum Gasteiger partial charge on any atom is 0.246 e. The average molecular weight is 298 g/mol. The first-order valence-electron chi connectivity index (χ1n) is 7.22. The van der Waals surface area contributed by atoms with Crippen LogP contribution in [0.5, 0.6) is 0 Å². The third-order valence-corrected chi connectivity index (χ3v) is 3.70. The van der Waals surface area contributed by atoms with Crippen molar-refractivity contribution >= 4 is 5.91 Å². The summed E-state index contributed by atoms with van der Waals surface area (Å²) in [6, 6.07) is 9.80. The number of ether oxygens (including phenoxy) is 1. The number of carbonyl (C=O) groups is 1. The van der Waals surface area contributed by atoms with Gasteiger partial charge in [-0.05, 0) is 11.6 Å². The van der Waals surface area contributed by atoms with E-state index >= 15 is 0 Å². The molecule has 114 valence electrons. The fraction of sp³-hybridized carbons (Fsp3) is 0.312. The SMILES string of the molecule is C=CC(=O)N1CCOC[C@@H]1c1ncnn1Cc1ccccc1. The minimum Gasteiger partial charge on any atom is -0.377 e. The lowest BCUT2D eigenvalue weighted by Gasteiger charge is -2.34. The van der Waals surface area contributed by atoms with E-state index in [1.165, 1.54) is 12.4 Å². The molecule has 0 unspecified atom stereocenters. The van der Waals surface area contributed by atoms with Crippen molar-refractivity contribution in [2.45, 2.75) is 12.6 Å². The summed E-state index contributed by atoms with van der Waals surface area (Å²) in [5.41, 5.74) is 1.13. The summed E-state index contributed by atoms with van der Waals surface area (Å²) in [7, 11) is 0. The zero-order valence-corrected chi connectivity index (χ0v) is 12.3. The van der Waals surface area contributed by atoms with Crippen LogP contribution in [0, 0.1) is 0 Å². The van der Waals surface area contributed by atoms with Crippen LogP contribution in [0.25, 0.3) is 0 Å². The van der Waals surface area contributed by atoms with Crippen LogP contribution in [0.2, 0.25) is 0 Å². The van der Waals surface area contributed by atoms with Gasteiger partial charge in [0.05, 0.1) is 19.8 Å². The maximum atomic E-state index is 12.0. The summed E-state index contributed by atoms with van der Waals surface area (Å²) in [4.78, 5) is 18.1. The van der Waals surface area contributed by atoms with Crippen molar-refractivity contribution in [2.24, 2.45) is 0 Å². The molecule has 1 atom stereocenters. The second kappa shape index (κ2) is 6.53. The van der Waals surface area contributed by atoms with Gasteiger partial charge in [0.15, 0.2) is 5.82 Å². The number of rotatable bonds is 4. The highest BCUT2D eigenvalue weighted by Gasteiger charge is 2.30. The van der Waals surface area contributed by atoms with Crippen LogP contribution in [0.4, 0.5) is 0 Å². The van der Waals surface area contributed by atoms with E-state index in [2.05, 4.69) is 16.7 Å². The van der Waals surface area contributed by atoms with E-state index in [-0.39, 0.29) is 11.9 Å². The van der Waals surface area contributed by atoms with Gasteiger partial charge in [0.25, 0.3) is 0 Å². The zero-order chi connectivity index (χ0) is 15.4. The first-order valence-corrected chi connectivity index (χ1v) is 7.22. The smallest absolute Gasteiger partial charge is 0.246 e. The van der Waals surface area contributed by atoms with Crippen molar-refractivity contribution in [1.82, 2.24) is 19.7 Å². The summed E-state index contributed by atoms with van der Waals surface area (Å²) >= 11 is 0. The molecule has 0 aliphatic carbocycles. The highest BCUT2D eigenvalue weighted by molar-refractivity contribution is 5.87. The number of hydrogen-bond donors (Lipinski definition) is 0. The first-order chi connectivity index (χ1) is 10.8. The Morgan fingerprint density at radius 3 is 3.00 bits per heavy atom. The second-order valence-electron chi connectivity index (χ2n) is 5.09. The highest BCUT2D eigenvalue weighted by Crippen LogP contribution is 2.23.